The summed E-state index contributed by atoms with van der Waals surface area (Å²) in [6.45, 7) is 0. The summed E-state index contributed by atoms with van der Waals surface area (Å²) in [5, 5.41) is 35.5. The van der Waals surface area contributed by atoms with Gasteiger partial charge in [0.1, 0.15) is 23.7 Å². The molecule has 2 N–H and O–H groups in total. The van der Waals surface area contributed by atoms with E-state index in [9.17, 15) is 14.9 Å². The lowest BCUT2D eigenvalue weighted by atomic mass is 9.68. The molecule has 324 valence electrons. The van der Waals surface area contributed by atoms with Crippen molar-refractivity contribution in [1.29, 1.82) is 10.5 Å². The molecular formula is C52H52BBrN6O4. The van der Waals surface area contributed by atoms with Gasteiger partial charge >= 0.3 is 7.12 Å². The van der Waals surface area contributed by atoms with Crippen LogP contribution in [-0.4, -0.2) is 48.7 Å². The van der Waals surface area contributed by atoms with E-state index in [1.807, 2.05) is 84.9 Å². The van der Waals surface area contributed by atoms with Crippen LogP contribution in [0.25, 0.3) is 11.1 Å². The van der Waals surface area contributed by atoms with Crippen molar-refractivity contribution in [3.63, 3.8) is 0 Å². The molecule has 0 unspecified atom stereocenters. The van der Waals surface area contributed by atoms with E-state index in [1.54, 1.807) is 36.7 Å². The van der Waals surface area contributed by atoms with Crippen LogP contribution >= 0.6 is 15.9 Å². The smallest absolute Gasteiger partial charge is 0.423 e. The predicted octanol–water partition coefficient (Wildman–Crippen LogP) is 9.30. The van der Waals surface area contributed by atoms with E-state index in [2.05, 4.69) is 60.1 Å². The van der Waals surface area contributed by atoms with Gasteiger partial charge in [-0.3, -0.25) is 9.59 Å². The molecule has 2 aromatic heterocycles. The first-order valence-corrected chi connectivity index (χ1v) is 22.7. The first-order chi connectivity index (χ1) is 31.1. The molecule has 0 aliphatic heterocycles. The van der Waals surface area contributed by atoms with Gasteiger partial charge in [-0.05, 0) is 77.7 Å². The Morgan fingerprint density at radius 3 is 1.48 bits per heavy atom. The maximum atomic E-state index is 13.2. The van der Waals surface area contributed by atoms with E-state index >= 15 is 0 Å². The summed E-state index contributed by atoms with van der Waals surface area (Å²) in [5.41, 5.74) is 6.03. The fraction of sp³-hybridized carbons (Fsp3) is 0.308. The average molecular weight is 916 g/mol. The van der Waals surface area contributed by atoms with Gasteiger partial charge in [0.25, 0.3) is 0 Å². The number of aromatic nitrogens is 4. The fourth-order valence-electron chi connectivity index (χ4n) is 9.02. The maximum absolute atomic E-state index is 13.2. The molecule has 2 aliphatic carbocycles. The highest BCUT2D eigenvalue weighted by Gasteiger charge is 2.38. The number of carbonyl (C=O) groups is 2. The van der Waals surface area contributed by atoms with Gasteiger partial charge < -0.3 is 10.0 Å². The lowest BCUT2D eigenvalue weighted by Crippen LogP contribution is -2.33. The summed E-state index contributed by atoms with van der Waals surface area (Å²) < 4.78 is 0.986. The Labute approximate surface area is 384 Å². The molecule has 0 bridgehead atoms. The molecule has 0 amide bonds. The number of carbonyl (C=O) groups excluding carboxylic acids is 2. The van der Waals surface area contributed by atoms with Crippen molar-refractivity contribution < 1.29 is 19.6 Å². The monoisotopic (exact) mass is 914 g/mol. The first kappa shape index (κ1) is 47.3. The molecule has 4 aromatic carbocycles. The number of rotatable bonds is 12. The topological polar surface area (TPSA) is 174 Å². The summed E-state index contributed by atoms with van der Waals surface area (Å²) in [7, 11) is -1.34. The number of nitriles is 2. The van der Waals surface area contributed by atoms with Gasteiger partial charge in [0.2, 0.25) is 11.6 Å². The van der Waals surface area contributed by atoms with Crippen LogP contribution in [0.3, 0.4) is 0 Å². The summed E-state index contributed by atoms with van der Waals surface area (Å²) in [5.74, 6) is 0.804. The zero-order valence-corrected chi connectivity index (χ0v) is 37.5. The summed E-state index contributed by atoms with van der Waals surface area (Å²) >= 11 is 3.45. The van der Waals surface area contributed by atoms with E-state index in [1.165, 1.54) is 12.8 Å². The summed E-state index contributed by atoms with van der Waals surface area (Å²) in [4.78, 5) is 42.9. The van der Waals surface area contributed by atoms with E-state index in [0.29, 0.717) is 31.1 Å². The molecule has 2 heterocycles. The zero-order valence-electron chi connectivity index (χ0n) is 36.0. The summed E-state index contributed by atoms with van der Waals surface area (Å²) in [6, 6.07) is 42.8. The number of nitrogens with zero attached hydrogens (tertiary/aromatic N) is 6. The van der Waals surface area contributed by atoms with Crippen LogP contribution in [0.2, 0.25) is 0 Å². The minimum atomic E-state index is -1.34. The highest BCUT2D eigenvalue weighted by Crippen LogP contribution is 2.43. The zero-order chi connectivity index (χ0) is 45.2. The Hall–Kier alpha value is -6.18. The highest BCUT2D eigenvalue weighted by atomic mass is 79.9. The molecule has 64 heavy (non-hydrogen) atoms. The van der Waals surface area contributed by atoms with Crippen molar-refractivity contribution in [2.45, 2.75) is 101 Å². The Morgan fingerprint density at radius 2 is 1.03 bits per heavy atom. The third-order valence-corrected chi connectivity index (χ3v) is 12.6. The van der Waals surface area contributed by atoms with E-state index < -0.39 is 7.12 Å². The van der Waals surface area contributed by atoms with Crippen LogP contribution in [0.1, 0.15) is 111 Å². The van der Waals surface area contributed by atoms with Crippen molar-refractivity contribution in [2.24, 2.45) is 0 Å². The molecule has 12 heteroatoms. The van der Waals surface area contributed by atoms with E-state index in [-0.39, 0.29) is 34.0 Å². The molecular weight excluding hydrogens is 863 g/mol. The van der Waals surface area contributed by atoms with Crippen LogP contribution in [0.4, 0.5) is 0 Å². The largest absolute Gasteiger partial charge is 0.488 e. The van der Waals surface area contributed by atoms with Crippen LogP contribution in [0.5, 0.6) is 0 Å². The Balaban J connectivity index is 0.000000180. The first-order valence-electron chi connectivity index (χ1n) is 21.9. The minimum Gasteiger partial charge on any atom is -0.423 e. The van der Waals surface area contributed by atoms with Gasteiger partial charge in [-0.25, -0.2) is 19.9 Å². The van der Waals surface area contributed by atoms with Crippen molar-refractivity contribution in [2.75, 3.05) is 0 Å². The molecule has 10 nitrogen and oxygen atoms in total. The maximum Gasteiger partial charge on any atom is 0.488 e. The second-order valence-corrected chi connectivity index (χ2v) is 17.6. The van der Waals surface area contributed by atoms with Crippen molar-refractivity contribution in [1.82, 2.24) is 19.9 Å². The Bertz CT molecular complexity index is 2550. The third-order valence-electron chi connectivity index (χ3n) is 12.1. The van der Waals surface area contributed by atoms with Crippen LogP contribution in [-0.2, 0) is 33.3 Å². The van der Waals surface area contributed by atoms with Crippen molar-refractivity contribution in [3.05, 3.63) is 172 Å². The average Bonchev–Trinajstić information content (AvgIpc) is 3.33. The second kappa shape index (κ2) is 23.5. The van der Waals surface area contributed by atoms with Crippen LogP contribution in [0.15, 0.2) is 138 Å². The molecule has 0 radical (unpaired) electrons. The molecule has 0 spiro atoms. The fourth-order valence-corrected chi connectivity index (χ4v) is 9.47. The molecule has 6 aromatic rings. The lowest BCUT2D eigenvalue weighted by molar-refractivity contribution is -0.121. The molecule has 8 rings (SSSR count). The molecule has 0 saturated heterocycles. The Kier molecular flexibility index (Phi) is 17.4. The molecule has 2 aliphatic rings. The number of ketones is 2. The number of hydrogen-bond donors (Lipinski definition) is 2. The Morgan fingerprint density at radius 1 is 0.578 bits per heavy atom. The highest BCUT2D eigenvalue weighted by molar-refractivity contribution is 9.10. The van der Waals surface area contributed by atoms with Gasteiger partial charge in [-0.1, -0.05) is 152 Å². The van der Waals surface area contributed by atoms with Crippen LogP contribution in [0, 0.1) is 22.7 Å². The third kappa shape index (κ3) is 13.4. The number of hydrogen-bond acceptors (Lipinski definition) is 10. The predicted molar refractivity (Wildman–Crippen MR) is 252 cm³/mol. The number of halogens is 1. The van der Waals surface area contributed by atoms with Gasteiger partial charge in [-0.2, -0.15) is 10.5 Å². The summed E-state index contributed by atoms with van der Waals surface area (Å²) in [6.07, 6.45) is 15.6. The quantitative estimate of drug-likeness (QED) is 0.113. The number of Topliss-reactive ketones (excluding diaryl/α,β-unsaturated/α-hetero) is 2. The minimum absolute atomic E-state index is 0.181. The molecule has 2 fully saturated rings. The molecule has 2 saturated carbocycles. The number of benzene rings is 4. The second-order valence-electron chi connectivity index (χ2n) is 16.7. The van der Waals surface area contributed by atoms with E-state index in [4.69, 9.17) is 15.3 Å². The molecule has 0 atom stereocenters. The van der Waals surface area contributed by atoms with Gasteiger partial charge in [0.15, 0.2) is 0 Å². The standard InChI is InChI=1S/C26H25N3O.C20H20BrN3O.C6H7BO2/c27-19-25-28-15-12-24(29-25)26(13-5-2-6-14-26)18-23(30)17-20-8-7-11-22(16-20)21-9-3-1-4-10-21;21-16-6-4-5-15(11-16)12-17(25)13-20(8-2-1-3-9-20)18-7-10-23-19(14-22)24-18;8-7(9)6-4-2-1-3-5-6/h1,3-4,7-12,15-16H,2,5-6,13-14,17-18H2;4-7,10-11H,1-3,8-9,12-13H2;1-5,8-9H. The van der Waals surface area contributed by atoms with Crippen molar-refractivity contribution >= 4 is 40.1 Å². The van der Waals surface area contributed by atoms with Gasteiger partial charge in [0.05, 0.1) is 11.4 Å². The van der Waals surface area contributed by atoms with Crippen LogP contribution < -0.4 is 5.46 Å². The van der Waals surface area contributed by atoms with E-state index in [0.717, 1.165) is 89.5 Å². The normalized spacial score (nSPS) is 14.8. The SMILES string of the molecule is N#Cc1nccc(C2(CC(=O)Cc3cccc(-c4ccccc4)c3)CCCCC2)n1.N#Cc1nccc(C2(CC(=O)Cc3cccc(Br)c3)CCCCC2)n1.OB(O)c1ccccc1. The lowest BCUT2D eigenvalue weighted by Gasteiger charge is -2.36. The van der Waals surface area contributed by atoms with Crippen molar-refractivity contribution in [3.8, 4) is 23.3 Å². The van der Waals surface area contributed by atoms with Gasteiger partial charge in [0, 0.05) is 53.4 Å². The van der Waals surface area contributed by atoms with Gasteiger partial charge in [-0.15, -0.1) is 0 Å².